The number of benzene rings is 1. The van der Waals surface area contributed by atoms with Gasteiger partial charge in [-0.2, -0.15) is 0 Å². The highest BCUT2D eigenvalue weighted by Gasteiger charge is 2.38. The minimum atomic E-state index is 0.280. The van der Waals surface area contributed by atoms with Gasteiger partial charge in [0.2, 0.25) is 0 Å². The maximum Gasteiger partial charge on any atom is 0.131 e. The highest BCUT2D eigenvalue weighted by molar-refractivity contribution is 5.37. The summed E-state index contributed by atoms with van der Waals surface area (Å²) >= 11 is 0. The molecule has 12 heavy (non-hydrogen) atoms. The summed E-state index contributed by atoms with van der Waals surface area (Å²) in [5.41, 5.74) is 1.32. The SMILES string of the molecule is c1ccc2c(c1)C[C@@H]([C@@H]1CO1)O2. The van der Waals surface area contributed by atoms with E-state index in [2.05, 4.69) is 12.1 Å². The molecule has 0 bridgehead atoms. The summed E-state index contributed by atoms with van der Waals surface area (Å²) in [4.78, 5) is 0. The van der Waals surface area contributed by atoms with Crippen molar-refractivity contribution in [3.8, 4) is 5.75 Å². The zero-order valence-electron chi connectivity index (χ0n) is 6.69. The van der Waals surface area contributed by atoms with Gasteiger partial charge < -0.3 is 9.47 Å². The number of para-hydroxylation sites is 1. The molecule has 3 rings (SSSR count). The molecule has 1 fully saturated rings. The summed E-state index contributed by atoms with van der Waals surface area (Å²) in [5.74, 6) is 1.04. The Morgan fingerprint density at radius 3 is 2.75 bits per heavy atom. The van der Waals surface area contributed by atoms with Crippen LogP contribution in [0.5, 0.6) is 5.75 Å². The number of fused-ring (bicyclic) bond motifs is 1. The van der Waals surface area contributed by atoms with Gasteiger partial charge in [0.25, 0.3) is 0 Å². The van der Waals surface area contributed by atoms with E-state index in [1.807, 2.05) is 12.1 Å². The van der Waals surface area contributed by atoms with Crippen LogP contribution < -0.4 is 4.74 Å². The number of hydrogen-bond acceptors (Lipinski definition) is 2. The number of hydrogen-bond donors (Lipinski definition) is 0. The maximum absolute atomic E-state index is 5.71. The first-order chi connectivity index (χ1) is 5.93. The lowest BCUT2D eigenvalue weighted by Gasteiger charge is -2.05. The van der Waals surface area contributed by atoms with Crippen molar-refractivity contribution in [2.24, 2.45) is 0 Å². The quantitative estimate of drug-likeness (QED) is 0.582. The molecular weight excluding hydrogens is 152 g/mol. The van der Waals surface area contributed by atoms with Crippen LogP contribution in [0.1, 0.15) is 5.56 Å². The van der Waals surface area contributed by atoms with Crippen LogP contribution in [-0.2, 0) is 11.2 Å². The van der Waals surface area contributed by atoms with Gasteiger partial charge in [0.1, 0.15) is 18.0 Å². The van der Waals surface area contributed by atoms with E-state index in [1.165, 1.54) is 5.56 Å². The molecule has 0 unspecified atom stereocenters. The van der Waals surface area contributed by atoms with E-state index in [1.54, 1.807) is 0 Å². The second kappa shape index (κ2) is 2.23. The average Bonchev–Trinajstić information content (AvgIpc) is 2.85. The first-order valence-electron chi connectivity index (χ1n) is 4.29. The summed E-state index contributed by atoms with van der Waals surface area (Å²) in [6, 6.07) is 8.21. The second-order valence-corrected chi connectivity index (χ2v) is 3.34. The van der Waals surface area contributed by atoms with E-state index in [9.17, 15) is 0 Å². The molecule has 0 spiro atoms. The smallest absolute Gasteiger partial charge is 0.131 e. The molecule has 1 aromatic carbocycles. The molecule has 62 valence electrons. The van der Waals surface area contributed by atoms with Crippen molar-refractivity contribution >= 4 is 0 Å². The van der Waals surface area contributed by atoms with Crippen LogP contribution in [0.25, 0.3) is 0 Å². The Labute approximate surface area is 71.1 Å². The van der Waals surface area contributed by atoms with Crippen molar-refractivity contribution in [3.63, 3.8) is 0 Å². The molecule has 1 aromatic rings. The van der Waals surface area contributed by atoms with Crippen molar-refractivity contribution in [1.82, 2.24) is 0 Å². The van der Waals surface area contributed by atoms with Gasteiger partial charge in [0.05, 0.1) is 6.61 Å². The van der Waals surface area contributed by atoms with Gasteiger partial charge in [-0.3, -0.25) is 0 Å². The standard InChI is InChI=1S/C10H10O2/c1-2-4-8-7(3-1)5-9(12-8)10-6-11-10/h1-4,9-10H,5-6H2/t9-,10-/m0/s1. The van der Waals surface area contributed by atoms with Crippen LogP contribution in [0.15, 0.2) is 24.3 Å². The Bertz CT molecular complexity index is 279. The molecule has 0 radical (unpaired) electrons. The lowest BCUT2D eigenvalue weighted by Crippen LogP contribution is -2.19. The van der Waals surface area contributed by atoms with E-state index in [0.717, 1.165) is 18.8 Å². The summed E-state index contributed by atoms with van der Waals surface area (Å²) in [7, 11) is 0. The highest BCUT2D eigenvalue weighted by atomic mass is 16.6. The summed E-state index contributed by atoms with van der Waals surface area (Å²) in [5, 5.41) is 0. The van der Waals surface area contributed by atoms with E-state index in [-0.39, 0.29) is 6.10 Å². The Balaban J connectivity index is 1.89. The fourth-order valence-electron chi connectivity index (χ4n) is 1.69. The molecule has 0 saturated carbocycles. The minimum Gasteiger partial charge on any atom is -0.487 e. The second-order valence-electron chi connectivity index (χ2n) is 3.34. The molecular formula is C10H10O2. The van der Waals surface area contributed by atoms with Crippen LogP contribution in [0.3, 0.4) is 0 Å². The Morgan fingerprint density at radius 1 is 1.17 bits per heavy atom. The van der Waals surface area contributed by atoms with Crippen molar-refractivity contribution in [2.75, 3.05) is 6.61 Å². The fraction of sp³-hybridized carbons (Fsp3) is 0.400. The summed E-state index contributed by atoms with van der Waals surface area (Å²) in [6.45, 7) is 0.874. The van der Waals surface area contributed by atoms with Crippen LogP contribution in [0.2, 0.25) is 0 Å². The first-order valence-corrected chi connectivity index (χ1v) is 4.29. The zero-order valence-corrected chi connectivity index (χ0v) is 6.69. The van der Waals surface area contributed by atoms with Crippen LogP contribution >= 0.6 is 0 Å². The van der Waals surface area contributed by atoms with E-state index in [0.29, 0.717) is 6.10 Å². The van der Waals surface area contributed by atoms with E-state index >= 15 is 0 Å². The Hall–Kier alpha value is -1.02. The zero-order chi connectivity index (χ0) is 7.97. The number of rotatable bonds is 1. The van der Waals surface area contributed by atoms with Crippen molar-refractivity contribution in [2.45, 2.75) is 18.6 Å². The van der Waals surface area contributed by atoms with Gasteiger partial charge in [-0.15, -0.1) is 0 Å². The minimum absolute atomic E-state index is 0.280. The van der Waals surface area contributed by atoms with Gasteiger partial charge in [0.15, 0.2) is 0 Å². The largest absolute Gasteiger partial charge is 0.487 e. The molecule has 2 heterocycles. The molecule has 2 atom stereocenters. The van der Waals surface area contributed by atoms with Crippen molar-refractivity contribution < 1.29 is 9.47 Å². The van der Waals surface area contributed by atoms with E-state index < -0.39 is 0 Å². The predicted octanol–water partition coefficient (Wildman–Crippen LogP) is 1.39. The van der Waals surface area contributed by atoms with E-state index in [4.69, 9.17) is 9.47 Å². The average molecular weight is 162 g/mol. The lowest BCUT2D eigenvalue weighted by atomic mass is 10.1. The normalized spacial score (nSPS) is 31.0. The van der Waals surface area contributed by atoms with Gasteiger partial charge in [-0.1, -0.05) is 18.2 Å². The summed E-state index contributed by atoms with van der Waals surface area (Å²) in [6.07, 6.45) is 1.65. The molecule has 2 heteroatoms. The number of epoxide rings is 1. The number of ether oxygens (including phenoxy) is 2. The first kappa shape index (κ1) is 6.49. The Kier molecular flexibility index (Phi) is 1.21. The van der Waals surface area contributed by atoms with Crippen LogP contribution in [0.4, 0.5) is 0 Å². The third-order valence-electron chi connectivity index (χ3n) is 2.45. The summed E-state index contributed by atoms with van der Waals surface area (Å²) < 4.78 is 10.9. The topological polar surface area (TPSA) is 21.8 Å². The molecule has 1 saturated heterocycles. The van der Waals surface area contributed by atoms with Crippen molar-refractivity contribution in [1.29, 1.82) is 0 Å². The van der Waals surface area contributed by atoms with Gasteiger partial charge >= 0.3 is 0 Å². The maximum atomic E-state index is 5.71. The molecule has 2 nitrogen and oxygen atoms in total. The highest BCUT2D eigenvalue weighted by Crippen LogP contribution is 2.33. The fourth-order valence-corrected chi connectivity index (χ4v) is 1.69. The molecule has 0 N–H and O–H groups in total. The molecule has 0 amide bonds. The Morgan fingerprint density at radius 2 is 2.00 bits per heavy atom. The van der Waals surface area contributed by atoms with Crippen molar-refractivity contribution in [3.05, 3.63) is 29.8 Å². The predicted molar refractivity (Wildman–Crippen MR) is 44.3 cm³/mol. The third-order valence-corrected chi connectivity index (χ3v) is 2.45. The lowest BCUT2D eigenvalue weighted by molar-refractivity contribution is 0.184. The monoisotopic (exact) mass is 162 g/mol. The third kappa shape index (κ3) is 0.916. The van der Waals surface area contributed by atoms with Crippen LogP contribution in [0, 0.1) is 0 Å². The van der Waals surface area contributed by atoms with Gasteiger partial charge in [0, 0.05) is 6.42 Å². The molecule has 2 aliphatic rings. The molecule has 0 aliphatic carbocycles. The molecule has 0 aromatic heterocycles. The van der Waals surface area contributed by atoms with Gasteiger partial charge in [-0.05, 0) is 11.6 Å². The van der Waals surface area contributed by atoms with Gasteiger partial charge in [-0.25, -0.2) is 0 Å². The molecule has 2 aliphatic heterocycles. The van der Waals surface area contributed by atoms with Crippen LogP contribution in [-0.4, -0.2) is 18.8 Å².